The number of hydrogen-bond acceptors (Lipinski definition) is 2. The largest absolute Gasteiger partial charge is 0.328 e. The Labute approximate surface area is 117 Å². The first-order valence-electron chi connectivity index (χ1n) is 5.76. The molecule has 1 atom stereocenters. The minimum atomic E-state index is 0.136. The summed E-state index contributed by atoms with van der Waals surface area (Å²) in [5.74, 6) is 0. The molecule has 0 saturated heterocycles. The molecule has 96 valence electrons. The van der Waals surface area contributed by atoms with Crippen LogP contribution in [-0.4, -0.2) is 15.8 Å². The van der Waals surface area contributed by atoms with E-state index in [0.717, 1.165) is 17.5 Å². The number of nitrogens with zero attached hydrogens (tertiary/aromatic N) is 2. The summed E-state index contributed by atoms with van der Waals surface area (Å²) in [7, 11) is 0. The molecule has 0 spiro atoms. The van der Waals surface area contributed by atoms with Crippen molar-refractivity contribution in [3.63, 3.8) is 0 Å². The van der Waals surface area contributed by atoms with Gasteiger partial charge in [-0.3, -0.25) is 4.68 Å². The molecule has 1 unspecified atom stereocenters. The highest BCUT2D eigenvalue weighted by Gasteiger charge is 2.07. The third-order valence-electron chi connectivity index (χ3n) is 2.61. The number of benzene rings is 1. The van der Waals surface area contributed by atoms with Gasteiger partial charge in [-0.05, 0) is 30.5 Å². The molecule has 0 aliphatic carbocycles. The first-order valence-corrected chi connectivity index (χ1v) is 6.51. The van der Waals surface area contributed by atoms with Crippen LogP contribution >= 0.6 is 23.2 Å². The van der Waals surface area contributed by atoms with E-state index in [1.54, 1.807) is 6.07 Å². The highest BCUT2D eigenvalue weighted by molar-refractivity contribution is 6.42. The van der Waals surface area contributed by atoms with Gasteiger partial charge in [0, 0.05) is 12.2 Å². The van der Waals surface area contributed by atoms with Gasteiger partial charge < -0.3 is 5.73 Å². The third kappa shape index (κ3) is 3.25. The van der Waals surface area contributed by atoms with Gasteiger partial charge in [0.25, 0.3) is 0 Å². The zero-order chi connectivity index (χ0) is 13.1. The van der Waals surface area contributed by atoms with E-state index in [1.807, 2.05) is 36.1 Å². The lowest BCUT2D eigenvalue weighted by molar-refractivity contribution is 0.684. The second-order valence-electron chi connectivity index (χ2n) is 4.44. The van der Waals surface area contributed by atoms with Crippen molar-refractivity contribution in [3.8, 4) is 0 Å². The van der Waals surface area contributed by atoms with Crippen LogP contribution in [0, 0.1) is 0 Å². The number of halogens is 2. The molecular formula is C13H15Cl2N3. The number of hydrogen-bond donors (Lipinski definition) is 1. The molecule has 1 aromatic carbocycles. The summed E-state index contributed by atoms with van der Waals surface area (Å²) in [5, 5.41) is 5.45. The molecule has 2 aromatic rings. The summed E-state index contributed by atoms with van der Waals surface area (Å²) in [4.78, 5) is 0. The molecule has 1 heterocycles. The minimum Gasteiger partial charge on any atom is -0.328 e. The molecule has 0 amide bonds. The fraction of sp³-hybridized carbons (Fsp3) is 0.308. The molecule has 2 rings (SSSR count). The smallest absolute Gasteiger partial charge is 0.0674 e. The molecule has 18 heavy (non-hydrogen) atoms. The van der Waals surface area contributed by atoms with Crippen LogP contribution < -0.4 is 5.73 Å². The normalized spacial score (nSPS) is 12.7. The van der Waals surface area contributed by atoms with E-state index in [4.69, 9.17) is 28.9 Å². The standard InChI is InChI=1S/C13H15Cl2N3/c1-9(16)5-10-6-17-18(7-10)8-11-3-2-4-12(14)13(11)15/h2-4,6-7,9H,5,8,16H2,1H3. The van der Waals surface area contributed by atoms with E-state index in [1.165, 1.54) is 0 Å². The molecule has 2 N–H and O–H groups in total. The summed E-state index contributed by atoms with van der Waals surface area (Å²) in [6.07, 6.45) is 4.64. The van der Waals surface area contributed by atoms with Crippen LogP contribution in [0.1, 0.15) is 18.1 Å². The molecule has 0 bridgehead atoms. The van der Waals surface area contributed by atoms with Gasteiger partial charge in [-0.15, -0.1) is 0 Å². The van der Waals surface area contributed by atoms with Crippen molar-refractivity contribution < 1.29 is 0 Å². The van der Waals surface area contributed by atoms with Gasteiger partial charge in [-0.1, -0.05) is 35.3 Å². The Hall–Kier alpha value is -1.03. The van der Waals surface area contributed by atoms with Gasteiger partial charge in [-0.25, -0.2) is 0 Å². The second-order valence-corrected chi connectivity index (χ2v) is 5.23. The number of aromatic nitrogens is 2. The van der Waals surface area contributed by atoms with Crippen molar-refractivity contribution in [2.24, 2.45) is 5.73 Å². The first-order chi connectivity index (χ1) is 8.56. The van der Waals surface area contributed by atoms with Crippen LogP contribution in [0.5, 0.6) is 0 Å². The average molecular weight is 284 g/mol. The summed E-state index contributed by atoms with van der Waals surface area (Å²) in [6, 6.07) is 5.74. The van der Waals surface area contributed by atoms with Gasteiger partial charge in [0.2, 0.25) is 0 Å². The Morgan fingerprint density at radius 1 is 1.39 bits per heavy atom. The first kappa shape index (κ1) is 13.4. The molecule has 1 aromatic heterocycles. The second kappa shape index (κ2) is 5.74. The summed E-state index contributed by atoms with van der Waals surface area (Å²) < 4.78 is 1.84. The summed E-state index contributed by atoms with van der Waals surface area (Å²) in [6.45, 7) is 2.59. The van der Waals surface area contributed by atoms with Crippen molar-refractivity contribution >= 4 is 23.2 Å². The maximum Gasteiger partial charge on any atom is 0.0674 e. The van der Waals surface area contributed by atoms with Gasteiger partial charge in [-0.2, -0.15) is 5.10 Å². The third-order valence-corrected chi connectivity index (χ3v) is 3.47. The van der Waals surface area contributed by atoms with Gasteiger partial charge in [0.05, 0.1) is 22.8 Å². The van der Waals surface area contributed by atoms with Crippen molar-refractivity contribution in [2.45, 2.75) is 25.9 Å². The van der Waals surface area contributed by atoms with E-state index in [0.29, 0.717) is 16.6 Å². The van der Waals surface area contributed by atoms with E-state index >= 15 is 0 Å². The highest BCUT2D eigenvalue weighted by atomic mass is 35.5. The van der Waals surface area contributed by atoms with Crippen LogP contribution in [0.4, 0.5) is 0 Å². The molecule has 0 aliphatic rings. The van der Waals surface area contributed by atoms with Gasteiger partial charge >= 0.3 is 0 Å². The van der Waals surface area contributed by atoms with E-state index in [2.05, 4.69) is 5.10 Å². The van der Waals surface area contributed by atoms with Crippen molar-refractivity contribution in [2.75, 3.05) is 0 Å². The number of nitrogens with two attached hydrogens (primary N) is 1. The van der Waals surface area contributed by atoms with Crippen LogP contribution in [-0.2, 0) is 13.0 Å². The minimum absolute atomic E-state index is 0.136. The monoisotopic (exact) mass is 283 g/mol. The molecule has 0 saturated carbocycles. The molecule has 0 radical (unpaired) electrons. The van der Waals surface area contributed by atoms with Crippen molar-refractivity contribution in [1.82, 2.24) is 9.78 Å². The Bertz CT molecular complexity index is 535. The Balaban J connectivity index is 2.14. The molecule has 3 nitrogen and oxygen atoms in total. The lowest BCUT2D eigenvalue weighted by Gasteiger charge is -2.06. The zero-order valence-electron chi connectivity index (χ0n) is 10.1. The van der Waals surface area contributed by atoms with E-state index in [9.17, 15) is 0 Å². The average Bonchev–Trinajstić information content (AvgIpc) is 2.71. The maximum absolute atomic E-state index is 6.14. The van der Waals surface area contributed by atoms with Crippen LogP contribution in [0.3, 0.4) is 0 Å². The lowest BCUT2D eigenvalue weighted by atomic mass is 10.1. The molecule has 5 heteroatoms. The molecular weight excluding hydrogens is 269 g/mol. The fourth-order valence-electron chi connectivity index (χ4n) is 1.82. The highest BCUT2D eigenvalue weighted by Crippen LogP contribution is 2.26. The predicted octanol–water partition coefficient (Wildman–Crippen LogP) is 3.13. The zero-order valence-corrected chi connectivity index (χ0v) is 11.6. The quantitative estimate of drug-likeness (QED) is 0.937. The predicted molar refractivity (Wildman–Crippen MR) is 75.1 cm³/mol. The lowest BCUT2D eigenvalue weighted by Crippen LogP contribution is -2.17. The topological polar surface area (TPSA) is 43.8 Å². The van der Waals surface area contributed by atoms with Gasteiger partial charge in [0.15, 0.2) is 0 Å². The van der Waals surface area contributed by atoms with Crippen molar-refractivity contribution in [1.29, 1.82) is 0 Å². The Morgan fingerprint density at radius 3 is 2.89 bits per heavy atom. The van der Waals surface area contributed by atoms with Crippen LogP contribution in [0.25, 0.3) is 0 Å². The molecule has 0 fully saturated rings. The van der Waals surface area contributed by atoms with E-state index < -0.39 is 0 Å². The fourth-order valence-corrected chi connectivity index (χ4v) is 2.20. The molecule has 0 aliphatic heterocycles. The van der Waals surface area contributed by atoms with Crippen LogP contribution in [0.2, 0.25) is 10.0 Å². The SMILES string of the molecule is CC(N)Cc1cnn(Cc2cccc(Cl)c2Cl)c1. The maximum atomic E-state index is 6.14. The van der Waals surface area contributed by atoms with E-state index in [-0.39, 0.29) is 6.04 Å². The Morgan fingerprint density at radius 2 is 2.17 bits per heavy atom. The summed E-state index contributed by atoms with van der Waals surface area (Å²) >= 11 is 12.1. The van der Waals surface area contributed by atoms with Crippen LogP contribution in [0.15, 0.2) is 30.6 Å². The van der Waals surface area contributed by atoms with Gasteiger partial charge in [0.1, 0.15) is 0 Å². The summed E-state index contributed by atoms with van der Waals surface area (Å²) in [5.41, 5.74) is 7.84. The number of rotatable bonds is 4. The Kier molecular flexibility index (Phi) is 4.27. The van der Waals surface area contributed by atoms with Crippen molar-refractivity contribution in [3.05, 3.63) is 51.8 Å².